The first-order valence-electron chi connectivity index (χ1n) is 5.09. The van der Waals surface area contributed by atoms with Crippen molar-refractivity contribution >= 4 is 5.82 Å². The Morgan fingerprint density at radius 2 is 2.35 bits per heavy atom. The predicted octanol–water partition coefficient (Wildman–Crippen LogP) is 1.39. The van der Waals surface area contributed by atoms with E-state index in [0.717, 1.165) is 11.3 Å². The van der Waals surface area contributed by atoms with Gasteiger partial charge in [0.1, 0.15) is 17.4 Å². The van der Waals surface area contributed by atoms with Crippen LogP contribution in [0.1, 0.15) is 11.1 Å². The zero-order valence-electron chi connectivity index (χ0n) is 9.42. The van der Waals surface area contributed by atoms with E-state index in [9.17, 15) is 0 Å². The van der Waals surface area contributed by atoms with Gasteiger partial charge < -0.3 is 10.5 Å². The van der Waals surface area contributed by atoms with Gasteiger partial charge >= 0.3 is 0 Å². The number of hydrogen-bond acceptors (Lipinski definition) is 4. The maximum absolute atomic E-state index is 8.78. The molecule has 2 rings (SSSR count). The molecule has 0 aliphatic carbocycles. The summed E-state index contributed by atoms with van der Waals surface area (Å²) in [4.78, 5) is 0. The van der Waals surface area contributed by atoms with Crippen LogP contribution in [0, 0.1) is 11.3 Å². The molecule has 1 heterocycles. The van der Waals surface area contributed by atoms with Crippen LogP contribution in [0.4, 0.5) is 5.82 Å². The molecule has 17 heavy (non-hydrogen) atoms. The summed E-state index contributed by atoms with van der Waals surface area (Å²) in [6.45, 7) is 0.559. The van der Waals surface area contributed by atoms with E-state index < -0.39 is 0 Å². The van der Waals surface area contributed by atoms with Crippen LogP contribution < -0.4 is 10.5 Å². The number of rotatable bonds is 3. The maximum Gasteiger partial charge on any atom is 0.163 e. The van der Waals surface area contributed by atoms with Gasteiger partial charge in [-0.2, -0.15) is 10.4 Å². The number of benzene rings is 1. The third kappa shape index (κ3) is 2.37. The van der Waals surface area contributed by atoms with E-state index >= 15 is 0 Å². The lowest BCUT2D eigenvalue weighted by Crippen LogP contribution is -2.01. The third-order valence-corrected chi connectivity index (χ3v) is 2.39. The molecule has 0 amide bonds. The Kier molecular flexibility index (Phi) is 2.97. The Morgan fingerprint density at radius 1 is 1.53 bits per heavy atom. The van der Waals surface area contributed by atoms with E-state index in [1.807, 2.05) is 30.3 Å². The second-order valence-electron chi connectivity index (χ2n) is 3.59. The van der Waals surface area contributed by atoms with Gasteiger partial charge in [-0.15, -0.1) is 0 Å². The van der Waals surface area contributed by atoms with Crippen LogP contribution in [0.3, 0.4) is 0 Å². The van der Waals surface area contributed by atoms with Crippen molar-refractivity contribution in [3.05, 3.63) is 41.6 Å². The summed E-state index contributed by atoms with van der Waals surface area (Å²) < 4.78 is 6.78. The lowest BCUT2D eigenvalue weighted by molar-refractivity contribution is 0.414. The van der Waals surface area contributed by atoms with Gasteiger partial charge in [-0.1, -0.05) is 12.1 Å². The van der Waals surface area contributed by atoms with E-state index in [1.54, 1.807) is 18.0 Å². The fourth-order valence-electron chi connectivity index (χ4n) is 1.56. The molecule has 0 spiro atoms. The van der Waals surface area contributed by atoms with Crippen molar-refractivity contribution in [1.82, 2.24) is 9.78 Å². The highest BCUT2D eigenvalue weighted by Crippen LogP contribution is 2.14. The van der Waals surface area contributed by atoms with Gasteiger partial charge in [-0.05, 0) is 17.7 Å². The van der Waals surface area contributed by atoms with Gasteiger partial charge in [0.2, 0.25) is 0 Å². The summed E-state index contributed by atoms with van der Waals surface area (Å²) in [5, 5.41) is 12.8. The maximum atomic E-state index is 8.78. The smallest absolute Gasteiger partial charge is 0.163 e. The summed E-state index contributed by atoms with van der Waals surface area (Å²) in [6, 6.07) is 9.66. The minimum absolute atomic E-state index is 0.260. The van der Waals surface area contributed by atoms with Gasteiger partial charge in [0.25, 0.3) is 0 Å². The summed E-state index contributed by atoms with van der Waals surface area (Å²) >= 11 is 0. The molecule has 2 aromatic rings. The summed E-state index contributed by atoms with van der Waals surface area (Å²) in [7, 11) is 1.62. The van der Waals surface area contributed by atoms with Crippen LogP contribution in [0.2, 0.25) is 0 Å². The number of nitriles is 1. The van der Waals surface area contributed by atoms with Crippen molar-refractivity contribution < 1.29 is 4.74 Å². The Bertz CT molecular complexity index is 568. The molecule has 0 fully saturated rings. The Hall–Kier alpha value is -2.48. The molecule has 0 atom stereocenters. The highest BCUT2D eigenvalue weighted by molar-refractivity contribution is 5.46. The van der Waals surface area contributed by atoms with Crippen molar-refractivity contribution in [3.8, 4) is 11.8 Å². The first-order valence-corrected chi connectivity index (χ1v) is 5.09. The quantitative estimate of drug-likeness (QED) is 0.861. The van der Waals surface area contributed by atoms with Crippen molar-refractivity contribution in [1.29, 1.82) is 5.26 Å². The molecule has 0 aliphatic rings. The van der Waals surface area contributed by atoms with E-state index in [1.165, 1.54) is 0 Å². The molecule has 0 unspecified atom stereocenters. The topological polar surface area (TPSA) is 76.9 Å². The Morgan fingerprint density at radius 3 is 3.00 bits per heavy atom. The van der Waals surface area contributed by atoms with Crippen molar-refractivity contribution in [3.63, 3.8) is 0 Å². The molecule has 1 aromatic carbocycles. The molecule has 0 bridgehead atoms. The Labute approximate surface area is 99.0 Å². The summed E-state index contributed by atoms with van der Waals surface area (Å²) in [5.41, 5.74) is 7.02. The number of ether oxygens (including phenoxy) is 1. The van der Waals surface area contributed by atoms with Gasteiger partial charge in [0.15, 0.2) is 5.82 Å². The largest absolute Gasteiger partial charge is 0.497 e. The minimum Gasteiger partial charge on any atom is -0.497 e. The molecule has 86 valence electrons. The average Bonchev–Trinajstić information content (AvgIpc) is 2.69. The second kappa shape index (κ2) is 4.58. The summed E-state index contributed by atoms with van der Waals surface area (Å²) in [6.07, 6.45) is 1.63. The first-order chi connectivity index (χ1) is 8.22. The van der Waals surface area contributed by atoms with Crippen LogP contribution in [0.25, 0.3) is 0 Å². The number of nitrogens with zero attached hydrogens (tertiary/aromatic N) is 3. The van der Waals surface area contributed by atoms with E-state index in [4.69, 9.17) is 15.7 Å². The molecule has 1 aromatic heterocycles. The fraction of sp³-hybridized carbons (Fsp3) is 0.167. The highest BCUT2D eigenvalue weighted by atomic mass is 16.5. The number of hydrogen-bond donors (Lipinski definition) is 1. The molecule has 5 nitrogen and oxygen atoms in total. The van der Waals surface area contributed by atoms with Crippen molar-refractivity contribution in [2.75, 3.05) is 12.8 Å². The highest BCUT2D eigenvalue weighted by Gasteiger charge is 2.05. The van der Waals surface area contributed by atoms with E-state index in [0.29, 0.717) is 12.1 Å². The van der Waals surface area contributed by atoms with Gasteiger partial charge in [0, 0.05) is 6.20 Å². The molecular formula is C12H12N4O. The van der Waals surface area contributed by atoms with Gasteiger partial charge in [0.05, 0.1) is 13.7 Å². The SMILES string of the molecule is COc1cccc(Cn2cc(C#N)c(N)n2)c1. The van der Waals surface area contributed by atoms with Crippen molar-refractivity contribution in [2.45, 2.75) is 6.54 Å². The Balaban J connectivity index is 2.22. The zero-order valence-corrected chi connectivity index (χ0v) is 9.42. The number of aromatic nitrogens is 2. The zero-order chi connectivity index (χ0) is 12.3. The lowest BCUT2D eigenvalue weighted by Gasteiger charge is -2.04. The number of methoxy groups -OCH3 is 1. The fourth-order valence-corrected chi connectivity index (χ4v) is 1.56. The van der Waals surface area contributed by atoms with E-state index in [-0.39, 0.29) is 5.82 Å². The predicted molar refractivity (Wildman–Crippen MR) is 63.5 cm³/mol. The standard InChI is InChI=1S/C12H12N4O/c1-17-11-4-2-3-9(5-11)7-16-8-10(6-13)12(14)15-16/h2-5,8H,7H2,1H3,(H2,14,15). The van der Waals surface area contributed by atoms with E-state index in [2.05, 4.69) is 5.10 Å². The second-order valence-corrected chi connectivity index (χ2v) is 3.59. The number of nitrogen functional groups attached to an aromatic ring is 1. The van der Waals surface area contributed by atoms with Crippen LogP contribution in [0.5, 0.6) is 5.75 Å². The van der Waals surface area contributed by atoms with Crippen LogP contribution in [-0.4, -0.2) is 16.9 Å². The molecule has 0 radical (unpaired) electrons. The molecule has 0 saturated carbocycles. The first kappa shape index (κ1) is 11.0. The monoisotopic (exact) mass is 228 g/mol. The molecular weight excluding hydrogens is 216 g/mol. The normalized spacial score (nSPS) is 9.88. The van der Waals surface area contributed by atoms with Crippen LogP contribution in [0.15, 0.2) is 30.5 Å². The average molecular weight is 228 g/mol. The number of nitrogens with two attached hydrogens (primary N) is 1. The molecule has 0 aliphatic heterocycles. The molecule has 2 N–H and O–H groups in total. The number of anilines is 1. The summed E-state index contributed by atoms with van der Waals surface area (Å²) in [5.74, 6) is 1.05. The van der Waals surface area contributed by atoms with Crippen molar-refractivity contribution in [2.24, 2.45) is 0 Å². The van der Waals surface area contributed by atoms with Crippen LogP contribution in [-0.2, 0) is 6.54 Å². The molecule has 0 saturated heterocycles. The van der Waals surface area contributed by atoms with Gasteiger partial charge in [-0.3, -0.25) is 4.68 Å². The minimum atomic E-state index is 0.260. The molecule has 5 heteroatoms. The van der Waals surface area contributed by atoms with Gasteiger partial charge in [-0.25, -0.2) is 0 Å². The van der Waals surface area contributed by atoms with Crippen LogP contribution >= 0.6 is 0 Å². The third-order valence-electron chi connectivity index (χ3n) is 2.39. The lowest BCUT2D eigenvalue weighted by atomic mass is 10.2.